The van der Waals surface area contributed by atoms with Crippen molar-refractivity contribution >= 4 is 28.9 Å². The summed E-state index contributed by atoms with van der Waals surface area (Å²) in [5.41, 5.74) is -2.02. The lowest BCUT2D eigenvalue weighted by Crippen LogP contribution is -2.53. The lowest BCUT2D eigenvalue weighted by Gasteiger charge is -2.37. The molecule has 3 aliphatic heterocycles. The van der Waals surface area contributed by atoms with Gasteiger partial charge in [0.2, 0.25) is 5.91 Å². The average Bonchev–Trinajstić information content (AvgIpc) is 3.56. The molecule has 2 amide bonds. The third kappa shape index (κ3) is 4.81. The van der Waals surface area contributed by atoms with Gasteiger partial charge in [-0.25, -0.2) is 0 Å². The number of nitrogens with zero attached hydrogens (tertiary/aromatic N) is 2. The zero-order valence-corrected chi connectivity index (χ0v) is 21.0. The summed E-state index contributed by atoms with van der Waals surface area (Å²) in [6.07, 6.45) is -3.18. The van der Waals surface area contributed by atoms with Crippen LogP contribution in [0.2, 0.25) is 0 Å². The van der Waals surface area contributed by atoms with Crippen LogP contribution in [0, 0.1) is 0 Å². The minimum absolute atomic E-state index is 0.0110. The molecule has 0 spiro atoms. The smallest absolute Gasteiger partial charge is 0.448 e. The fourth-order valence-electron chi connectivity index (χ4n) is 5.37. The highest BCUT2D eigenvalue weighted by Gasteiger charge is 2.42. The fourth-order valence-corrected chi connectivity index (χ4v) is 5.37. The summed E-state index contributed by atoms with van der Waals surface area (Å²) in [4.78, 5) is 53.2. The SMILES string of the molecule is CC[C@@H](Nc1c(Nc2cccc(C(=O)N3CCN4C(=O)CCC4C3)c2O)c(=O)c1=O)C1CC=C(C(F)(F)F)O1. The number of piperazine rings is 1. The summed E-state index contributed by atoms with van der Waals surface area (Å²) in [6.45, 7) is 2.78. The summed E-state index contributed by atoms with van der Waals surface area (Å²) in [7, 11) is 0. The van der Waals surface area contributed by atoms with Gasteiger partial charge in [-0.3, -0.25) is 19.2 Å². The van der Waals surface area contributed by atoms with Crippen molar-refractivity contribution in [3.63, 3.8) is 0 Å². The topological polar surface area (TPSA) is 128 Å². The number of hydrogen-bond acceptors (Lipinski definition) is 8. The molecule has 208 valence electrons. The number of benzene rings is 1. The minimum Gasteiger partial charge on any atom is -0.505 e. The third-order valence-electron chi connectivity index (χ3n) is 7.53. The Morgan fingerprint density at radius 3 is 2.62 bits per heavy atom. The molecule has 3 atom stereocenters. The highest BCUT2D eigenvalue weighted by atomic mass is 19.4. The largest absolute Gasteiger partial charge is 0.505 e. The van der Waals surface area contributed by atoms with Gasteiger partial charge in [-0.15, -0.1) is 0 Å². The summed E-state index contributed by atoms with van der Waals surface area (Å²) in [5, 5.41) is 16.4. The summed E-state index contributed by atoms with van der Waals surface area (Å²) >= 11 is 0. The van der Waals surface area contributed by atoms with Gasteiger partial charge in [0.1, 0.15) is 17.5 Å². The Kier molecular flexibility index (Phi) is 6.77. The average molecular weight is 549 g/mol. The number of alkyl halides is 3. The molecule has 0 bridgehead atoms. The molecule has 0 saturated carbocycles. The molecule has 2 aromatic rings. The van der Waals surface area contributed by atoms with Crippen molar-refractivity contribution in [3.8, 4) is 5.75 Å². The second-order valence-electron chi connectivity index (χ2n) is 9.88. The Labute approximate surface area is 220 Å². The molecule has 2 aromatic carbocycles. The molecular formula is C26H27F3N4O6. The maximum Gasteiger partial charge on any atom is 0.448 e. The number of phenolic OH excluding ortho intramolecular Hbond substituents is 1. The zero-order chi connectivity index (χ0) is 28.1. The van der Waals surface area contributed by atoms with E-state index in [-0.39, 0.29) is 41.0 Å². The van der Waals surface area contributed by atoms with Crippen LogP contribution < -0.4 is 21.5 Å². The van der Waals surface area contributed by atoms with E-state index < -0.39 is 46.6 Å². The fraction of sp³-hybridized carbons (Fsp3) is 0.462. The molecule has 13 heteroatoms. The first kappa shape index (κ1) is 26.6. The maximum absolute atomic E-state index is 13.2. The van der Waals surface area contributed by atoms with Crippen LogP contribution in [-0.4, -0.2) is 70.7 Å². The van der Waals surface area contributed by atoms with Crippen LogP contribution in [0.15, 0.2) is 39.6 Å². The molecule has 3 aliphatic rings. The first-order valence-corrected chi connectivity index (χ1v) is 12.7. The lowest BCUT2D eigenvalue weighted by molar-refractivity contribution is -0.134. The van der Waals surface area contributed by atoms with Crippen LogP contribution >= 0.6 is 0 Å². The molecule has 2 saturated heterocycles. The van der Waals surface area contributed by atoms with Gasteiger partial charge in [-0.1, -0.05) is 13.0 Å². The van der Waals surface area contributed by atoms with Crippen molar-refractivity contribution < 1.29 is 32.6 Å². The summed E-state index contributed by atoms with van der Waals surface area (Å²) < 4.78 is 44.0. The summed E-state index contributed by atoms with van der Waals surface area (Å²) in [6, 6.07) is 3.61. The number of rotatable bonds is 7. The Hall–Kier alpha value is -4.03. The molecule has 0 aromatic heterocycles. The molecule has 0 radical (unpaired) electrons. The second-order valence-corrected chi connectivity index (χ2v) is 9.88. The van der Waals surface area contributed by atoms with Crippen molar-refractivity contribution in [3.05, 3.63) is 56.0 Å². The van der Waals surface area contributed by atoms with Gasteiger partial charge in [-0.2, -0.15) is 13.2 Å². The Balaban J connectivity index is 1.31. The van der Waals surface area contributed by atoms with Crippen molar-refractivity contribution in [2.45, 2.75) is 57.0 Å². The van der Waals surface area contributed by atoms with Gasteiger partial charge < -0.3 is 30.3 Å². The standard InChI is InChI=1S/C26H27F3N4O6/c1-2-15(17-7-8-18(39-17)26(27,28)29)30-20-21(24(37)23(20)36)31-16-5-3-4-14(22(16)35)25(38)32-10-11-33-13(12-32)6-9-19(33)34/h3-5,8,13,15,17,30-31,35H,2,6-7,9-12H2,1H3/t13?,15-,17?/m1/s1. The second kappa shape index (κ2) is 9.93. The predicted molar refractivity (Wildman–Crippen MR) is 135 cm³/mol. The van der Waals surface area contributed by atoms with E-state index in [4.69, 9.17) is 4.74 Å². The minimum atomic E-state index is -4.62. The molecular weight excluding hydrogens is 521 g/mol. The molecule has 3 N–H and O–H groups in total. The molecule has 3 heterocycles. The van der Waals surface area contributed by atoms with E-state index in [1.54, 1.807) is 16.7 Å². The number of fused-ring (bicyclic) bond motifs is 1. The number of aromatic hydroxyl groups is 1. The Morgan fingerprint density at radius 1 is 1.18 bits per heavy atom. The zero-order valence-electron chi connectivity index (χ0n) is 21.0. The molecule has 2 unspecified atom stereocenters. The third-order valence-corrected chi connectivity index (χ3v) is 7.53. The van der Waals surface area contributed by atoms with E-state index in [1.165, 1.54) is 18.2 Å². The number of nitrogens with one attached hydrogen (secondary N) is 2. The molecule has 2 fully saturated rings. The van der Waals surface area contributed by atoms with E-state index >= 15 is 0 Å². The number of halogens is 3. The van der Waals surface area contributed by atoms with Crippen LogP contribution in [0.25, 0.3) is 0 Å². The van der Waals surface area contributed by atoms with Crippen LogP contribution in [0.5, 0.6) is 5.75 Å². The number of anilines is 3. The predicted octanol–water partition coefficient (Wildman–Crippen LogP) is 2.60. The van der Waals surface area contributed by atoms with E-state index in [2.05, 4.69) is 10.6 Å². The van der Waals surface area contributed by atoms with Crippen molar-refractivity contribution in [2.75, 3.05) is 30.3 Å². The molecule has 10 nitrogen and oxygen atoms in total. The Morgan fingerprint density at radius 2 is 1.92 bits per heavy atom. The van der Waals surface area contributed by atoms with Gasteiger partial charge in [-0.05, 0) is 31.1 Å². The van der Waals surface area contributed by atoms with Crippen LogP contribution in [0.1, 0.15) is 43.0 Å². The number of phenols is 1. The number of hydrogen-bond donors (Lipinski definition) is 3. The number of allylic oxidation sites excluding steroid dienone is 1. The van der Waals surface area contributed by atoms with Gasteiger partial charge in [0.15, 0.2) is 11.5 Å². The highest BCUT2D eigenvalue weighted by molar-refractivity contribution is 5.99. The maximum atomic E-state index is 13.2. The number of para-hydroxylation sites is 1. The molecule has 5 rings (SSSR count). The molecule has 0 aliphatic carbocycles. The van der Waals surface area contributed by atoms with E-state index in [0.717, 1.165) is 6.08 Å². The first-order valence-electron chi connectivity index (χ1n) is 12.7. The number of carbonyl (C=O) groups excluding carboxylic acids is 2. The van der Waals surface area contributed by atoms with E-state index in [9.17, 15) is 37.5 Å². The number of amides is 2. The monoisotopic (exact) mass is 548 g/mol. The van der Waals surface area contributed by atoms with Crippen LogP contribution in [-0.2, 0) is 9.53 Å². The van der Waals surface area contributed by atoms with Crippen molar-refractivity contribution in [2.24, 2.45) is 0 Å². The molecule has 39 heavy (non-hydrogen) atoms. The van der Waals surface area contributed by atoms with Crippen LogP contribution in [0.3, 0.4) is 0 Å². The van der Waals surface area contributed by atoms with Gasteiger partial charge in [0.05, 0.1) is 17.3 Å². The van der Waals surface area contributed by atoms with E-state index in [1.807, 2.05) is 0 Å². The number of ether oxygens (including phenoxy) is 1. The van der Waals surface area contributed by atoms with Crippen LogP contribution in [0.4, 0.5) is 30.2 Å². The van der Waals surface area contributed by atoms with Crippen molar-refractivity contribution in [1.82, 2.24) is 9.80 Å². The number of carbonyl (C=O) groups is 2. The van der Waals surface area contributed by atoms with Gasteiger partial charge >= 0.3 is 6.18 Å². The first-order chi connectivity index (χ1) is 18.5. The normalized spacial score (nSPS) is 21.9. The van der Waals surface area contributed by atoms with Crippen molar-refractivity contribution in [1.29, 1.82) is 0 Å². The lowest BCUT2D eigenvalue weighted by atomic mass is 10.0. The highest BCUT2D eigenvalue weighted by Crippen LogP contribution is 2.36. The van der Waals surface area contributed by atoms with Gasteiger partial charge in [0.25, 0.3) is 16.8 Å². The van der Waals surface area contributed by atoms with E-state index in [0.29, 0.717) is 38.9 Å². The quantitative estimate of drug-likeness (QED) is 0.356. The van der Waals surface area contributed by atoms with Gasteiger partial charge in [0, 0.05) is 38.5 Å². The Bertz CT molecular complexity index is 1410. The summed E-state index contributed by atoms with van der Waals surface area (Å²) in [5.74, 6) is -1.88.